The molecule has 3 heterocycles. The van der Waals surface area contributed by atoms with Crippen molar-refractivity contribution in [3.8, 4) is 0 Å². The predicted octanol–water partition coefficient (Wildman–Crippen LogP) is 3.03. The van der Waals surface area contributed by atoms with Crippen LogP contribution in [0, 0.1) is 11.3 Å². The predicted molar refractivity (Wildman–Crippen MR) is 94.6 cm³/mol. The Kier molecular flexibility index (Phi) is 4.76. The average molecular weight is 345 g/mol. The first-order valence-corrected chi connectivity index (χ1v) is 9.69. The van der Waals surface area contributed by atoms with E-state index in [0.717, 1.165) is 51.3 Å². The van der Waals surface area contributed by atoms with Crippen molar-refractivity contribution in [2.24, 2.45) is 11.3 Å². The summed E-state index contributed by atoms with van der Waals surface area (Å²) in [4.78, 5) is 21.4. The summed E-state index contributed by atoms with van der Waals surface area (Å²) in [6.45, 7) is 4.88. The van der Waals surface area contributed by atoms with E-state index in [9.17, 15) is 9.18 Å². The molecule has 1 saturated carbocycles. The zero-order valence-electron chi connectivity index (χ0n) is 14.9. The summed E-state index contributed by atoms with van der Waals surface area (Å²) in [5, 5.41) is 0. The van der Waals surface area contributed by atoms with Crippen molar-refractivity contribution < 1.29 is 9.18 Å². The number of likely N-dealkylation sites (tertiary alicyclic amines) is 2. The quantitative estimate of drug-likeness (QED) is 0.845. The molecule has 1 aromatic heterocycles. The summed E-state index contributed by atoms with van der Waals surface area (Å²) in [7, 11) is 0. The Hall–Kier alpha value is -1.49. The van der Waals surface area contributed by atoms with Crippen LogP contribution in [-0.4, -0.2) is 53.0 Å². The maximum Gasteiger partial charge on any atom is 0.225 e. The van der Waals surface area contributed by atoms with E-state index in [1.54, 1.807) is 0 Å². The molecule has 2 saturated heterocycles. The van der Waals surface area contributed by atoms with Crippen LogP contribution in [0.25, 0.3) is 0 Å². The van der Waals surface area contributed by atoms with Gasteiger partial charge in [0, 0.05) is 38.3 Å². The second kappa shape index (κ2) is 7.02. The number of hydrogen-bond acceptors (Lipinski definition) is 3. The van der Waals surface area contributed by atoms with E-state index in [4.69, 9.17) is 0 Å². The molecule has 136 valence electrons. The van der Waals surface area contributed by atoms with Gasteiger partial charge < -0.3 is 4.90 Å². The van der Waals surface area contributed by atoms with Crippen molar-refractivity contribution in [2.75, 3.05) is 26.2 Å². The van der Waals surface area contributed by atoms with E-state index in [1.807, 2.05) is 17.2 Å². The second-order valence-electron chi connectivity index (χ2n) is 8.23. The molecule has 0 radical (unpaired) electrons. The molecule has 0 unspecified atom stereocenters. The SMILES string of the molecule is O=C(C1CC(F)C1)N1CCC2(CCCN(Cc3ccccn3)C2)CC1. The van der Waals surface area contributed by atoms with E-state index >= 15 is 0 Å². The third kappa shape index (κ3) is 3.71. The molecular weight excluding hydrogens is 317 g/mol. The minimum Gasteiger partial charge on any atom is -0.342 e. The normalized spacial score (nSPS) is 29.4. The molecule has 3 aliphatic rings. The van der Waals surface area contributed by atoms with Crippen molar-refractivity contribution in [1.82, 2.24) is 14.8 Å². The number of pyridine rings is 1. The third-order valence-electron chi connectivity index (χ3n) is 6.42. The van der Waals surface area contributed by atoms with E-state index in [1.165, 1.54) is 12.8 Å². The Labute approximate surface area is 149 Å². The maximum atomic E-state index is 13.0. The Balaban J connectivity index is 1.31. The minimum atomic E-state index is -0.747. The summed E-state index contributed by atoms with van der Waals surface area (Å²) in [6.07, 6.45) is 6.67. The monoisotopic (exact) mass is 345 g/mol. The fourth-order valence-electron chi connectivity index (χ4n) is 4.78. The molecule has 0 bridgehead atoms. The van der Waals surface area contributed by atoms with Gasteiger partial charge in [0.05, 0.1) is 5.69 Å². The number of carbonyl (C=O) groups excluding carboxylic acids is 1. The Morgan fingerprint density at radius 3 is 2.68 bits per heavy atom. The third-order valence-corrected chi connectivity index (χ3v) is 6.42. The molecule has 0 N–H and O–H groups in total. The fraction of sp³-hybridized carbons (Fsp3) is 0.700. The number of piperidine rings is 2. The molecule has 2 aliphatic heterocycles. The van der Waals surface area contributed by atoms with E-state index < -0.39 is 6.17 Å². The van der Waals surface area contributed by atoms with Crippen LogP contribution in [0.1, 0.15) is 44.2 Å². The first-order valence-electron chi connectivity index (χ1n) is 9.69. The van der Waals surface area contributed by atoms with Gasteiger partial charge >= 0.3 is 0 Å². The van der Waals surface area contributed by atoms with Crippen molar-refractivity contribution in [3.63, 3.8) is 0 Å². The van der Waals surface area contributed by atoms with Gasteiger partial charge in [-0.15, -0.1) is 0 Å². The molecule has 0 atom stereocenters. The summed E-state index contributed by atoms with van der Waals surface area (Å²) >= 11 is 0. The van der Waals surface area contributed by atoms with Crippen LogP contribution in [0.5, 0.6) is 0 Å². The van der Waals surface area contributed by atoms with E-state index in [2.05, 4.69) is 22.0 Å². The lowest BCUT2D eigenvalue weighted by molar-refractivity contribution is -0.143. The molecular formula is C20H28FN3O. The van der Waals surface area contributed by atoms with Crippen LogP contribution in [0.2, 0.25) is 0 Å². The van der Waals surface area contributed by atoms with Crippen molar-refractivity contribution >= 4 is 5.91 Å². The standard InChI is InChI=1S/C20H28FN3O/c21-17-12-16(13-17)19(25)24-10-6-20(7-11-24)5-3-9-23(15-20)14-18-4-1-2-8-22-18/h1-2,4,8,16-17H,3,5-7,9-15H2. The van der Waals surface area contributed by atoms with Gasteiger partial charge in [-0.05, 0) is 62.6 Å². The zero-order chi connectivity index (χ0) is 17.3. The van der Waals surface area contributed by atoms with Gasteiger partial charge in [0.25, 0.3) is 0 Å². The molecule has 25 heavy (non-hydrogen) atoms. The molecule has 1 spiro atoms. The number of nitrogens with zero attached hydrogens (tertiary/aromatic N) is 3. The van der Waals surface area contributed by atoms with Crippen LogP contribution in [0.15, 0.2) is 24.4 Å². The number of aromatic nitrogens is 1. The lowest BCUT2D eigenvalue weighted by atomic mass is 9.72. The highest BCUT2D eigenvalue weighted by Gasteiger charge is 2.42. The summed E-state index contributed by atoms with van der Waals surface area (Å²) in [5.41, 5.74) is 1.49. The topological polar surface area (TPSA) is 36.4 Å². The van der Waals surface area contributed by atoms with Gasteiger partial charge in [0.15, 0.2) is 0 Å². The smallest absolute Gasteiger partial charge is 0.225 e. The molecule has 0 aromatic carbocycles. The van der Waals surface area contributed by atoms with Gasteiger partial charge in [-0.1, -0.05) is 6.07 Å². The van der Waals surface area contributed by atoms with Crippen LogP contribution >= 0.6 is 0 Å². The molecule has 1 amide bonds. The Morgan fingerprint density at radius 2 is 2.00 bits per heavy atom. The molecule has 5 heteroatoms. The molecule has 4 nitrogen and oxygen atoms in total. The van der Waals surface area contributed by atoms with Gasteiger partial charge in [0.1, 0.15) is 6.17 Å². The molecule has 3 fully saturated rings. The summed E-state index contributed by atoms with van der Waals surface area (Å²) < 4.78 is 13.0. The van der Waals surface area contributed by atoms with Crippen molar-refractivity contribution in [1.29, 1.82) is 0 Å². The first-order chi connectivity index (χ1) is 12.1. The number of alkyl halides is 1. The zero-order valence-corrected chi connectivity index (χ0v) is 14.9. The van der Waals surface area contributed by atoms with Gasteiger partial charge in [-0.2, -0.15) is 0 Å². The minimum absolute atomic E-state index is 0.0453. The van der Waals surface area contributed by atoms with Gasteiger partial charge in [-0.3, -0.25) is 14.7 Å². The fourth-order valence-corrected chi connectivity index (χ4v) is 4.78. The lowest BCUT2D eigenvalue weighted by Crippen LogP contribution is -2.52. The number of hydrogen-bond donors (Lipinski definition) is 0. The van der Waals surface area contributed by atoms with E-state index in [-0.39, 0.29) is 11.8 Å². The highest BCUT2D eigenvalue weighted by molar-refractivity contribution is 5.80. The highest BCUT2D eigenvalue weighted by atomic mass is 19.1. The summed E-state index contributed by atoms with van der Waals surface area (Å²) in [6, 6.07) is 6.11. The Morgan fingerprint density at radius 1 is 1.20 bits per heavy atom. The molecule has 1 aliphatic carbocycles. The van der Waals surface area contributed by atoms with Gasteiger partial charge in [-0.25, -0.2) is 4.39 Å². The molecule has 1 aromatic rings. The lowest BCUT2D eigenvalue weighted by Gasteiger charge is -2.48. The number of halogens is 1. The largest absolute Gasteiger partial charge is 0.342 e. The van der Waals surface area contributed by atoms with Crippen LogP contribution in [0.3, 0.4) is 0 Å². The maximum absolute atomic E-state index is 13.0. The highest BCUT2D eigenvalue weighted by Crippen LogP contribution is 2.41. The number of carbonyl (C=O) groups is 1. The first kappa shape index (κ1) is 17.0. The van der Waals surface area contributed by atoms with Crippen molar-refractivity contribution in [3.05, 3.63) is 30.1 Å². The Bertz CT molecular complexity index is 594. The average Bonchev–Trinajstić information content (AvgIpc) is 2.60. The number of amides is 1. The molecule has 4 rings (SSSR count). The summed E-state index contributed by atoms with van der Waals surface area (Å²) in [5.74, 6) is 0.154. The van der Waals surface area contributed by atoms with Crippen LogP contribution < -0.4 is 0 Å². The number of rotatable bonds is 3. The second-order valence-corrected chi connectivity index (χ2v) is 8.23. The van der Waals surface area contributed by atoms with Gasteiger partial charge in [0.2, 0.25) is 5.91 Å². The van der Waals surface area contributed by atoms with E-state index in [0.29, 0.717) is 18.3 Å². The van der Waals surface area contributed by atoms with Crippen LogP contribution in [0.4, 0.5) is 4.39 Å². The van der Waals surface area contributed by atoms with Crippen LogP contribution in [-0.2, 0) is 11.3 Å². The van der Waals surface area contributed by atoms with Crippen molar-refractivity contribution in [2.45, 2.75) is 51.2 Å².